The summed E-state index contributed by atoms with van der Waals surface area (Å²) < 4.78 is 12.1. The molecule has 0 amide bonds. The zero-order valence-corrected chi connectivity index (χ0v) is 10.1. The maximum atomic E-state index is 9.98. The lowest BCUT2D eigenvalue weighted by molar-refractivity contribution is 0.0774. The summed E-state index contributed by atoms with van der Waals surface area (Å²) in [5.41, 5.74) is 0.697. The molecule has 0 bridgehead atoms. The molecule has 5 nitrogen and oxygen atoms in total. The van der Waals surface area contributed by atoms with Crippen LogP contribution in [0.15, 0.2) is 6.20 Å². The van der Waals surface area contributed by atoms with Crippen LogP contribution in [-0.4, -0.2) is 35.2 Å². The van der Waals surface area contributed by atoms with Crippen molar-refractivity contribution < 1.29 is 14.6 Å². The fourth-order valence-corrected chi connectivity index (χ4v) is 1.54. The standard InChI is InChI=1S/C11H20N2O3/c1-4-6-16-7-5-9(14)11-10(15-3)8-12-13(11)2/h8-9,14H,4-7H2,1-3H3. The molecule has 1 aromatic rings. The van der Waals surface area contributed by atoms with E-state index in [-0.39, 0.29) is 0 Å². The molecule has 16 heavy (non-hydrogen) atoms. The Bertz CT molecular complexity index is 312. The van der Waals surface area contributed by atoms with Crippen molar-refractivity contribution in [1.82, 2.24) is 9.78 Å². The van der Waals surface area contributed by atoms with Crippen molar-refractivity contribution in [2.24, 2.45) is 7.05 Å². The number of nitrogens with zero attached hydrogens (tertiary/aromatic N) is 2. The van der Waals surface area contributed by atoms with Crippen molar-refractivity contribution in [2.75, 3.05) is 20.3 Å². The number of aliphatic hydroxyl groups excluding tert-OH is 1. The van der Waals surface area contributed by atoms with Gasteiger partial charge in [0.15, 0.2) is 5.75 Å². The van der Waals surface area contributed by atoms with Crippen molar-refractivity contribution >= 4 is 0 Å². The van der Waals surface area contributed by atoms with E-state index >= 15 is 0 Å². The van der Waals surface area contributed by atoms with Gasteiger partial charge in [0.25, 0.3) is 0 Å². The van der Waals surface area contributed by atoms with E-state index in [0.29, 0.717) is 24.5 Å². The minimum Gasteiger partial charge on any atom is -0.493 e. The normalized spacial score (nSPS) is 12.8. The van der Waals surface area contributed by atoms with Gasteiger partial charge in [-0.05, 0) is 6.42 Å². The van der Waals surface area contributed by atoms with E-state index in [2.05, 4.69) is 12.0 Å². The fourth-order valence-electron chi connectivity index (χ4n) is 1.54. The predicted molar refractivity (Wildman–Crippen MR) is 60.4 cm³/mol. The van der Waals surface area contributed by atoms with Crippen LogP contribution in [0.4, 0.5) is 0 Å². The number of aliphatic hydroxyl groups is 1. The molecule has 0 saturated heterocycles. The van der Waals surface area contributed by atoms with Gasteiger partial charge < -0.3 is 14.6 Å². The van der Waals surface area contributed by atoms with Crippen molar-refractivity contribution in [3.63, 3.8) is 0 Å². The Balaban J connectivity index is 2.51. The summed E-state index contributed by atoms with van der Waals surface area (Å²) in [4.78, 5) is 0. The first kappa shape index (κ1) is 13.0. The molecular weight excluding hydrogens is 208 g/mol. The van der Waals surface area contributed by atoms with Crippen LogP contribution >= 0.6 is 0 Å². The van der Waals surface area contributed by atoms with E-state index in [1.807, 2.05) is 0 Å². The second-order valence-corrected chi connectivity index (χ2v) is 3.64. The van der Waals surface area contributed by atoms with Gasteiger partial charge >= 0.3 is 0 Å². The Morgan fingerprint density at radius 1 is 1.50 bits per heavy atom. The van der Waals surface area contributed by atoms with Crippen LogP contribution in [0.3, 0.4) is 0 Å². The average molecular weight is 228 g/mol. The zero-order chi connectivity index (χ0) is 12.0. The lowest BCUT2D eigenvalue weighted by atomic mass is 10.2. The highest BCUT2D eigenvalue weighted by Crippen LogP contribution is 2.26. The smallest absolute Gasteiger partial charge is 0.162 e. The van der Waals surface area contributed by atoms with Crippen LogP contribution in [0.5, 0.6) is 5.75 Å². The van der Waals surface area contributed by atoms with Crippen LogP contribution in [0.1, 0.15) is 31.6 Å². The summed E-state index contributed by atoms with van der Waals surface area (Å²) in [6.45, 7) is 3.33. The van der Waals surface area contributed by atoms with Gasteiger partial charge in [0.2, 0.25) is 0 Å². The summed E-state index contributed by atoms with van der Waals surface area (Å²) >= 11 is 0. The molecule has 1 atom stereocenters. The molecule has 1 N–H and O–H groups in total. The van der Waals surface area contributed by atoms with Crippen LogP contribution in [0.2, 0.25) is 0 Å². The maximum Gasteiger partial charge on any atom is 0.162 e. The first-order valence-corrected chi connectivity index (χ1v) is 5.52. The molecule has 5 heteroatoms. The Hall–Kier alpha value is -1.07. The number of hydrogen-bond donors (Lipinski definition) is 1. The molecule has 92 valence electrons. The van der Waals surface area contributed by atoms with E-state index in [1.165, 1.54) is 0 Å². The van der Waals surface area contributed by atoms with Crippen molar-refractivity contribution in [2.45, 2.75) is 25.9 Å². The highest BCUT2D eigenvalue weighted by atomic mass is 16.5. The van der Waals surface area contributed by atoms with Gasteiger partial charge in [0.05, 0.1) is 13.3 Å². The Kier molecular flexibility index (Phi) is 5.28. The third kappa shape index (κ3) is 3.21. The van der Waals surface area contributed by atoms with Gasteiger partial charge in [-0.2, -0.15) is 5.10 Å². The lowest BCUT2D eigenvalue weighted by Crippen LogP contribution is -2.09. The van der Waals surface area contributed by atoms with Crippen LogP contribution in [0.25, 0.3) is 0 Å². The second kappa shape index (κ2) is 6.50. The molecule has 0 aliphatic heterocycles. The lowest BCUT2D eigenvalue weighted by Gasteiger charge is -2.12. The molecule has 1 rings (SSSR count). The van der Waals surface area contributed by atoms with Gasteiger partial charge in [-0.25, -0.2) is 0 Å². The maximum absolute atomic E-state index is 9.98. The molecule has 0 saturated carbocycles. The first-order chi connectivity index (χ1) is 7.70. The third-order valence-electron chi connectivity index (χ3n) is 2.37. The summed E-state index contributed by atoms with van der Waals surface area (Å²) in [6.07, 6.45) is 2.55. The summed E-state index contributed by atoms with van der Waals surface area (Å²) in [5.74, 6) is 0.616. The van der Waals surface area contributed by atoms with E-state index < -0.39 is 6.10 Å². The number of hydrogen-bond acceptors (Lipinski definition) is 4. The van der Waals surface area contributed by atoms with Crippen molar-refractivity contribution in [3.8, 4) is 5.75 Å². The Morgan fingerprint density at radius 3 is 2.88 bits per heavy atom. The second-order valence-electron chi connectivity index (χ2n) is 3.64. The van der Waals surface area contributed by atoms with Crippen molar-refractivity contribution in [3.05, 3.63) is 11.9 Å². The molecule has 0 spiro atoms. The average Bonchev–Trinajstić information content (AvgIpc) is 2.65. The zero-order valence-electron chi connectivity index (χ0n) is 10.1. The van der Waals surface area contributed by atoms with Crippen LogP contribution < -0.4 is 4.74 Å². The monoisotopic (exact) mass is 228 g/mol. The molecule has 1 unspecified atom stereocenters. The Labute approximate surface area is 96.0 Å². The minimum absolute atomic E-state index is 0.545. The number of methoxy groups -OCH3 is 1. The van der Waals surface area contributed by atoms with E-state index in [1.54, 1.807) is 25.0 Å². The summed E-state index contributed by atoms with van der Waals surface area (Å²) in [7, 11) is 3.36. The summed E-state index contributed by atoms with van der Waals surface area (Å²) in [5, 5.41) is 14.0. The largest absolute Gasteiger partial charge is 0.493 e. The first-order valence-electron chi connectivity index (χ1n) is 5.52. The molecule has 1 heterocycles. The highest BCUT2D eigenvalue weighted by molar-refractivity contribution is 5.26. The molecule has 0 aliphatic carbocycles. The highest BCUT2D eigenvalue weighted by Gasteiger charge is 2.17. The molecule has 0 radical (unpaired) electrons. The molecule has 0 aliphatic rings. The molecule has 0 fully saturated rings. The fraction of sp³-hybridized carbons (Fsp3) is 0.727. The predicted octanol–water partition coefficient (Wildman–Crippen LogP) is 1.28. The van der Waals surface area contributed by atoms with Gasteiger partial charge in [0, 0.05) is 26.7 Å². The minimum atomic E-state index is -0.598. The Morgan fingerprint density at radius 2 is 2.25 bits per heavy atom. The van der Waals surface area contributed by atoms with Crippen LogP contribution in [0, 0.1) is 0 Å². The number of aromatic nitrogens is 2. The number of rotatable bonds is 7. The SMILES string of the molecule is CCCOCCC(O)c1c(OC)cnn1C. The van der Waals surface area contributed by atoms with E-state index in [4.69, 9.17) is 9.47 Å². The molecule has 1 aromatic heterocycles. The molecule has 0 aromatic carbocycles. The van der Waals surface area contributed by atoms with E-state index in [0.717, 1.165) is 13.0 Å². The van der Waals surface area contributed by atoms with Crippen LogP contribution in [-0.2, 0) is 11.8 Å². The topological polar surface area (TPSA) is 56.5 Å². The van der Waals surface area contributed by atoms with Gasteiger partial charge in [0.1, 0.15) is 11.8 Å². The number of aryl methyl sites for hydroxylation is 1. The van der Waals surface area contributed by atoms with Gasteiger partial charge in [-0.1, -0.05) is 6.92 Å². The van der Waals surface area contributed by atoms with Crippen molar-refractivity contribution in [1.29, 1.82) is 0 Å². The summed E-state index contributed by atoms with van der Waals surface area (Å²) in [6, 6.07) is 0. The van der Waals surface area contributed by atoms with E-state index in [9.17, 15) is 5.11 Å². The third-order valence-corrected chi connectivity index (χ3v) is 2.37. The van der Waals surface area contributed by atoms with Gasteiger partial charge in [-0.3, -0.25) is 4.68 Å². The molecular formula is C11H20N2O3. The number of ether oxygens (including phenoxy) is 2. The quantitative estimate of drug-likeness (QED) is 0.714. The van der Waals surface area contributed by atoms with Gasteiger partial charge in [-0.15, -0.1) is 0 Å².